The van der Waals surface area contributed by atoms with Gasteiger partial charge in [0.25, 0.3) is 0 Å². The average molecular weight is 503 g/mol. The normalized spacial score (nSPS) is 27.8. The molecule has 1 aromatic heterocycles. The highest BCUT2D eigenvalue weighted by molar-refractivity contribution is 14.0. The van der Waals surface area contributed by atoms with Crippen LogP contribution in [0.1, 0.15) is 56.9 Å². The third-order valence-corrected chi connectivity index (χ3v) is 7.29. The first-order valence-electron chi connectivity index (χ1n) is 10.5. The molecule has 2 unspecified atom stereocenters. The van der Waals surface area contributed by atoms with Crippen LogP contribution in [-0.4, -0.2) is 43.1 Å². The summed E-state index contributed by atoms with van der Waals surface area (Å²) in [5.74, 6) is 2.91. The fourth-order valence-electron chi connectivity index (χ4n) is 4.88. The Labute approximate surface area is 185 Å². The maximum Gasteiger partial charge on any atom is 0.191 e. The van der Waals surface area contributed by atoms with Crippen molar-refractivity contribution in [2.45, 2.75) is 70.0 Å². The SMILES string of the molecule is CN=C(NC1CCN(Cc2ccsc2)CC1)NC1CC1C1CCCCC1.I. The number of likely N-dealkylation sites (tertiary alicyclic amines) is 1. The molecule has 2 heterocycles. The zero-order chi connectivity index (χ0) is 17.8. The van der Waals surface area contributed by atoms with Gasteiger partial charge in [0.1, 0.15) is 0 Å². The molecular formula is C21H35IN4S. The monoisotopic (exact) mass is 502 g/mol. The van der Waals surface area contributed by atoms with E-state index in [-0.39, 0.29) is 24.0 Å². The number of aliphatic imine (C=N–C) groups is 1. The van der Waals surface area contributed by atoms with Gasteiger partial charge < -0.3 is 10.6 Å². The van der Waals surface area contributed by atoms with Crippen LogP contribution in [0.4, 0.5) is 0 Å². The average Bonchev–Trinajstić information content (AvgIpc) is 3.26. The molecule has 27 heavy (non-hydrogen) atoms. The van der Waals surface area contributed by atoms with Crippen molar-refractivity contribution < 1.29 is 0 Å². The van der Waals surface area contributed by atoms with Gasteiger partial charge in [-0.15, -0.1) is 24.0 Å². The number of thiophene rings is 1. The van der Waals surface area contributed by atoms with Crippen LogP contribution in [0.3, 0.4) is 0 Å². The Kier molecular flexibility index (Phi) is 8.26. The Bertz CT molecular complexity index is 577. The standard InChI is InChI=1S/C21H34N4S.HI/c1-22-21(24-20-13-19(20)17-5-3-2-4-6-17)23-18-7-10-25(11-8-18)14-16-9-12-26-15-16;/h9,12,15,17-20H,2-8,10-11,13-14H2,1H3,(H2,22,23,24);1H. The van der Waals surface area contributed by atoms with E-state index in [1.807, 2.05) is 7.05 Å². The number of halogens is 1. The van der Waals surface area contributed by atoms with Crippen molar-refractivity contribution in [2.75, 3.05) is 20.1 Å². The van der Waals surface area contributed by atoms with Crippen LogP contribution in [0.2, 0.25) is 0 Å². The van der Waals surface area contributed by atoms with E-state index in [1.54, 1.807) is 11.3 Å². The lowest BCUT2D eigenvalue weighted by molar-refractivity contribution is 0.198. The molecule has 152 valence electrons. The van der Waals surface area contributed by atoms with Crippen LogP contribution in [0.15, 0.2) is 21.8 Å². The first-order chi connectivity index (χ1) is 12.8. The highest BCUT2D eigenvalue weighted by atomic mass is 127. The summed E-state index contributed by atoms with van der Waals surface area (Å²) in [6.07, 6.45) is 11.0. The molecule has 3 aliphatic rings. The van der Waals surface area contributed by atoms with E-state index in [9.17, 15) is 0 Å². The molecule has 3 fully saturated rings. The smallest absolute Gasteiger partial charge is 0.191 e. The first kappa shape index (κ1) is 21.4. The summed E-state index contributed by atoms with van der Waals surface area (Å²) >= 11 is 1.80. The van der Waals surface area contributed by atoms with Crippen LogP contribution in [0, 0.1) is 11.8 Å². The van der Waals surface area contributed by atoms with Gasteiger partial charge in [-0.3, -0.25) is 9.89 Å². The van der Waals surface area contributed by atoms with E-state index in [4.69, 9.17) is 0 Å². The topological polar surface area (TPSA) is 39.7 Å². The highest BCUT2D eigenvalue weighted by Gasteiger charge is 2.43. The summed E-state index contributed by atoms with van der Waals surface area (Å²) in [6, 6.07) is 3.48. The number of hydrogen-bond acceptors (Lipinski definition) is 3. The largest absolute Gasteiger partial charge is 0.354 e. The third-order valence-electron chi connectivity index (χ3n) is 6.56. The fraction of sp³-hybridized carbons (Fsp3) is 0.762. The van der Waals surface area contributed by atoms with Crippen LogP contribution in [-0.2, 0) is 6.54 Å². The van der Waals surface area contributed by atoms with Crippen molar-refractivity contribution in [3.8, 4) is 0 Å². The Morgan fingerprint density at radius 1 is 1.15 bits per heavy atom. The number of nitrogens with one attached hydrogen (secondary N) is 2. The fourth-order valence-corrected chi connectivity index (χ4v) is 5.54. The van der Waals surface area contributed by atoms with Gasteiger partial charge in [-0.05, 0) is 53.5 Å². The minimum Gasteiger partial charge on any atom is -0.354 e. The van der Waals surface area contributed by atoms with E-state index in [0.29, 0.717) is 12.1 Å². The third kappa shape index (κ3) is 6.07. The van der Waals surface area contributed by atoms with Crippen LogP contribution in [0.25, 0.3) is 0 Å². The van der Waals surface area contributed by atoms with Gasteiger partial charge in [-0.1, -0.05) is 32.1 Å². The Morgan fingerprint density at radius 2 is 1.93 bits per heavy atom. The second-order valence-corrected chi connectivity index (χ2v) is 9.23. The van der Waals surface area contributed by atoms with Gasteiger partial charge >= 0.3 is 0 Å². The van der Waals surface area contributed by atoms with Crippen molar-refractivity contribution in [1.82, 2.24) is 15.5 Å². The number of guanidine groups is 1. The predicted molar refractivity (Wildman–Crippen MR) is 126 cm³/mol. The van der Waals surface area contributed by atoms with Gasteiger partial charge in [0, 0.05) is 38.8 Å². The van der Waals surface area contributed by atoms with Crippen LogP contribution < -0.4 is 10.6 Å². The van der Waals surface area contributed by atoms with Gasteiger partial charge in [0.05, 0.1) is 0 Å². The lowest BCUT2D eigenvalue weighted by atomic mass is 9.85. The quantitative estimate of drug-likeness (QED) is 0.355. The highest BCUT2D eigenvalue weighted by Crippen LogP contribution is 2.44. The van der Waals surface area contributed by atoms with Gasteiger partial charge in [0.15, 0.2) is 5.96 Å². The minimum atomic E-state index is 0. The van der Waals surface area contributed by atoms with Crippen LogP contribution >= 0.6 is 35.3 Å². The van der Waals surface area contributed by atoms with Crippen molar-refractivity contribution >= 4 is 41.3 Å². The maximum atomic E-state index is 4.50. The summed E-state index contributed by atoms with van der Waals surface area (Å²) in [7, 11) is 1.92. The van der Waals surface area contributed by atoms with E-state index >= 15 is 0 Å². The zero-order valence-corrected chi connectivity index (χ0v) is 19.7. The summed E-state index contributed by atoms with van der Waals surface area (Å²) in [5.41, 5.74) is 1.46. The number of piperidine rings is 1. The zero-order valence-electron chi connectivity index (χ0n) is 16.5. The molecule has 2 atom stereocenters. The second kappa shape index (κ2) is 10.4. The lowest BCUT2D eigenvalue weighted by Gasteiger charge is -2.33. The second-order valence-electron chi connectivity index (χ2n) is 8.45. The number of nitrogens with zero attached hydrogens (tertiary/aromatic N) is 2. The summed E-state index contributed by atoms with van der Waals surface area (Å²) in [5, 5.41) is 11.9. The summed E-state index contributed by atoms with van der Waals surface area (Å²) in [6.45, 7) is 3.46. The van der Waals surface area contributed by atoms with Crippen LogP contribution in [0.5, 0.6) is 0 Å². The lowest BCUT2D eigenvalue weighted by Crippen LogP contribution is -2.49. The molecule has 2 aliphatic carbocycles. The molecule has 4 rings (SSSR count). The molecule has 2 saturated carbocycles. The minimum absolute atomic E-state index is 0. The predicted octanol–water partition coefficient (Wildman–Crippen LogP) is 4.46. The van der Waals surface area contributed by atoms with Gasteiger partial charge in [-0.25, -0.2) is 0 Å². The molecule has 0 bridgehead atoms. The van der Waals surface area contributed by atoms with E-state index in [1.165, 1.54) is 70.0 Å². The molecule has 1 aromatic rings. The molecule has 1 aliphatic heterocycles. The Balaban J connectivity index is 0.00000210. The molecule has 0 amide bonds. The van der Waals surface area contributed by atoms with Crippen molar-refractivity contribution in [3.63, 3.8) is 0 Å². The number of rotatable bonds is 5. The van der Waals surface area contributed by atoms with E-state index in [0.717, 1.165) is 24.3 Å². The van der Waals surface area contributed by atoms with Crippen molar-refractivity contribution in [1.29, 1.82) is 0 Å². The Hall–Kier alpha value is -0.340. The first-order valence-corrected chi connectivity index (χ1v) is 11.5. The molecule has 6 heteroatoms. The van der Waals surface area contributed by atoms with Gasteiger partial charge in [0.2, 0.25) is 0 Å². The molecular weight excluding hydrogens is 467 g/mol. The number of hydrogen-bond donors (Lipinski definition) is 2. The van der Waals surface area contributed by atoms with Crippen molar-refractivity contribution in [3.05, 3.63) is 22.4 Å². The van der Waals surface area contributed by atoms with E-state index < -0.39 is 0 Å². The molecule has 0 aromatic carbocycles. The Morgan fingerprint density at radius 3 is 2.59 bits per heavy atom. The van der Waals surface area contributed by atoms with Crippen molar-refractivity contribution in [2.24, 2.45) is 16.8 Å². The molecule has 1 saturated heterocycles. The summed E-state index contributed by atoms with van der Waals surface area (Å²) in [4.78, 5) is 7.08. The van der Waals surface area contributed by atoms with Gasteiger partial charge in [-0.2, -0.15) is 11.3 Å². The molecule has 0 radical (unpaired) electrons. The van der Waals surface area contributed by atoms with E-state index in [2.05, 4.69) is 37.4 Å². The molecule has 4 nitrogen and oxygen atoms in total. The molecule has 0 spiro atoms. The summed E-state index contributed by atoms with van der Waals surface area (Å²) < 4.78 is 0. The molecule has 2 N–H and O–H groups in total. The maximum absolute atomic E-state index is 4.50.